The molecule has 0 N–H and O–H groups in total. The van der Waals surface area contributed by atoms with E-state index in [1.54, 1.807) is 11.8 Å². The zero-order chi connectivity index (χ0) is 24.0. The summed E-state index contributed by atoms with van der Waals surface area (Å²) in [6, 6.07) is 6.13. The van der Waals surface area contributed by atoms with Crippen LogP contribution in [-0.4, -0.2) is 65.2 Å². The van der Waals surface area contributed by atoms with Crippen molar-refractivity contribution in [3.8, 4) is 0 Å². The minimum absolute atomic E-state index is 0.0687. The van der Waals surface area contributed by atoms with E-state index < -0.39 is 5.13 Å². The van der Waals surface area contributed by atoms with Gasteiger partial charge in [-0.05, 0) is 37.3 Å². The Balaban J connectivity index is 1.27. The van der Waals surface area contributed by atoms with Crippen LogP contribution in [0.25, 0.3) is 0 Å². The fourth-order valence-corrected chi connectivity index (χ4v) is 6.16. The Labute approximate surface area is 202 Å². The van der Waals surface area contributed by atoms with Crippen molar-refractivity contribution in [3.63, 3.8) is 0 Å². The fraction of sp³-hybridized carbons (Fsp3) is 0.520. The average molecular weight is 485 g/mol. The number of benzene rings is 1. The number of hydrogen-bond acceptors (Lipinski definition) is 5. The fourth-order valence-electron chi connectivity index (χ4n) is 5.53. The number of carbonyl (C=O) groups excluding carboxylic acids is 3. The molecule has 4 heterocycles. The molecule has 2 fully saturated rings. The first-order valence-electron chi connectivity index (χ1n) is 11.8. The lowest BCUT2D eigenvalue weighted by molar-refractivity contribution is -0.135. The molecule has 1 aromatic carbocycles. The van der Waals surface area contributed by atoms with Crippen LogP contribution in [0.5, 0.6) is 0 Å². The molecule has 0 radical (unpaired) electrons. The first kappa shape index (κ1) is 23.0. The van der Waals surface area contributed by atoms with E-state index in [0.717, 1.165) is 60.3 Å². The minimum Gasteiger partial charge on any atom is -0.342 e. The highest BCUT2D eigenvalue weighted by Gasteiger charge is 2.49. The normalized spacial score (nSPS) is 21.8. The highest BCUT2D eigenvalue weighted by molar-refractivity contribution is 7.10. The Morgan fingerprint density at radius 2 is 1.97 bits per heavy atom. The second-order valence-electron chi connectivity index (χ2n) is 9.91. The number of fused-ring (bicyclic) bond motifs is 2. The third-order valence-electron chi connectivity index (χ3n) is 7.48. The number of amides is 3. The largest absolute Gasteiger partial charge is 0.342 e. The molecule has 1 spiro atoms. The molecule has 1 aromatic heterocycles. The number of likely N-dealkylation sites (tertiary alicyclic amines) is 2. The summed E-state index contributed by atoms with van der Waals surface area (Å²) in [5.41, 5.74) is 2.86. The van der Waals surface area contributed by atoms with Crippen molar-refractivity contribution >= 4 is 34.7 Å². The second kappa shape index (κ2) is 8.76. The van der Waals surface area contributed by atoms with Gasteiger partial charge in [0.15, 0.2) is 5.13 Å². The maximum atomic E-state index is 13.4. The van der Waals surface area contributed by atoms with Crippen molar-refractivity contribution in [1.29, 1.82) is 0 Å². The topological polar surface area (TPSA) is 73.8 Å². The lowest BCUT2D eigenvalue weighted by Gasteiger charge is -2.38. The predicted molar refractivity (Wildman–Crippen MR) is 127 cm³/mol. The van der Waals surface area contributed by atoms with E-state index in [9.17, 15) is 18.8 Å². The molecule has 3 aliphatic heterocycles. The Hall–Kier alpha value is -2.81. The number of aromatic nitrogens is 1. The van der Waals surface area contributed by atoms with Crippen LogP contribution in [0.15, 0.2) is 24.4 Å². The summed E-state index contributed by atoms with van der Waals surface area (Å²) >= 11 is 0.903. The van der Waals surface area contributed by atoms with Crippen molar-refractivity contribution in [2.75, 3.05) is 37.6 Å². The highest BCUT2D eigenvalue weighted by Crippen LogP contribution is 2.47. The van der Waals surface area contributed by atoms with Crippen LogP contribution in [0.3, 0.4) is 0 Å². The zero-order valence-corrected chi connectivity index (χ0v) is 20.4. The van der Waals surface area contributed by atoms with Crippen LogP contribution in [0.4, 0.5) is 10.1 Å². The quantitative estimate of drug-likeness (QED) is 0.654. The molecule has 0 saturated carbocycles. The molecule has 0 bridgehead atoms. The van der Waals surface area contributed by atoms with Gasteiger partial charge in [-0.2, -0.15) is 4.39 Å². The number of thiazole rings is 1. The number of carbonyl (C=O) groups is 3. The Morgan fingerprint density at radius 1 is 1.18 bits per heavy atom. The summed E-state index contributed by atoms with van der Waals surface area (Å²) in [6.45, 7) is 6.92. The van der Waals surface area contributed by atoms with Crippen LogP contribution >= 0.6 is 11.3 Å². The maximum absolute atomic E-state index is 13.4. The third-order valence-corrected chi connectivity index (χ3v) is 8.27. The highest BCUT2D eigenvalue weighted by atomic mass is 32.1. The van der Waals surface area contributed by atoms with Crippen molar-refractivity contribution in [3.05, 3.63) is 45.7 Å². The Kier molecular flexibility index (Phi) is 5.91. The number of anilines is 1. The summed E-state index contributed by atoms with van der Waals surface area (Å²) < 4.78 is 13.4. The van der Waals surface area contributed by atoms with Crippen molar-refractivity contribution < 1.29 is 18.8 Å². The van der Waals surface area contributed by atoms with Gasteiger partial charge in [0, 0.05) is 57.2 Å². The number of aryl methyl sites for hydroxylation is 1. The first-order chi connectivity index (χ1) is 16.2. The summed E-state index contributed by atoms with van der Waals surface area (Å²) in [5, 5.41) is 0.0808. The van der Waals surface area contributed by atoms with Gasteiger partial charge >= 0.3 is 0 Å². The molecule has 34 heavy (non-hydrogen) atoms. The third kappa shape index (κ3) is 4.21. The van der Waals surface area contributed by atoms with Gasteiger partial charge in [0.05, 0.1) is 12.6 Å². The van der Waals surface area contributed by atoms with Crippen molar-refractivity contribution in [2.45, 2.75) is 44.9 Å². The molecular formula is C25H29FN4O3S. The molecule has 180 valence electrons. The number of nitrogens with zero attached hydrogens (tertiary/aromatic N) is 4. The van der Waals surface area contributed by atoms with E-state index in [2.05, 4.69) is 11.1 Å². The molecule has 2 saturated heterocycles. The molecule has 2 aromatic rings. The van der Waals surface area contributed by atoms with Crippen molar-refractivity contribution in [2.24, 2.45) is 5.92 Å². The van der Waals surface area contributed by atoms with Crippen LogP contribution in [0, 0.1) is 18.0 Å². The summed E-state index contributed by atoms with van der Waals surface area (Å²) in [7, 11) is 0. The molecule has 5 rings (SSSR count). The zero-order valence-electron chi connectivity index (χ0n) is 19.6. The van der Waals surface area contributed by atoms with Gasteiger partial charge in [-0.25, -0.2) is 4.98 Å². The predicted octanol–water partition coefficient (Wildman–Crippen LogP) is 2.91. The monoisotopic (exact) mass is 484 g/mol. The molecule has 3 amide bonds. The van der Waals surface area contributed by atoms with E-state index in [1.165, 1.54) is 0 Å². The van der Waals surface area contributed by atoms with Gasteiger partial charge in [0.2, 0.25) is 17.7 Å². The summed E-state index contributed by atoms with van der Waals surface area (Å²) in [5.74, 6) is 0.554. The Bertz CT molecular complexity index is 1140. The average Bonchev–Trinajstić information content (AvgIpc) is 3.45. The van der Waals surface area contributed by atoms with Crippen LogP contribution < -0.4 is 4.90 Å². The summed E-state index contributed by atoms with van der Waals surface area (Å²) in [6.07, 6.45) is 3.33. The van der Waals surface area contributed by atoms with E-state index in [-0.39, 0.29) is 29.6 Å². The van der Waals surface area contributed by atoms with Gasteiger partial charge in [0.25, 0.3) is 0 Å². The summed E-state index contributed by atoms with van der Waals surface area (Å²) in [4.78, 5) is 47.1. The molecule has 1 unspecified atom stereocenters. The molecule has 7 nitrogen and oxygen atoms in total. The van der Waals surface area contributed by atoms with E-state index in [4.69, 9.17) is 0 Å². The van der Waals surface area contributed by atoms with Crippen LogP contribution in [-0.2, 0) is 26.2 Å². The van der Waals surface area contributed by atoms with Crippen molar-refractivity contribution in [1.82, 2.24) is 14.8 Å². The van der Waals surface area contributed by atoms with E-state index >= 15 is 0 Å². The molecule has 9 heteroatoms. The van der Waals surface area contributed by atoms with Gasteiger partial charge in [0.1, 0.15) is 5.01 Å². The van der Waals surface area contributed by atoms with Gasteiger partial charge < -0.3 is 14.7 Å². The van der Waals surface area contributed by atoms with E-state index in [1.807, 2.05) is 28.9 Å². The van der Waals surface area contributed by atoms with E-state index in [0.29, 0.717) is 37.0 Å². The second-order valence-corrected chi connectivity index (χ2v) is 11.0. The van der Waals surface area contributed by atoms with Crippen LogP contribution in [0.2, 0.25) is 0 Å². The molecular weight excluding hydrogens is 455 g/mol. The SMILES string of the molecule is CC(=O)N1CC(CCC(=O)N2CCC3(C2)CN(C(=O)Cc2ncc(F)s2)c2ccc(C)cc23)C1. The lowest BCUT2D eigenvalue weighted by atomic mass is 9.81. The van der Waals surface area contributed by atoms with Gasteiger partial charge in [-0.3, -0.25) is 14.4 Å². The minimum atomic E-state index is -0.391. The molecule has 1 atom stereocenters. The molecule has 3 aliphatic rings. The van der Waals surface area contributed by atoms with Gasteiger partial charge in [-0.15, -0.1) is 0 Å². The smallest absolute Gasteiger partial charge is 0.233 e. The maximum Gasteiger partial charge on any atom is 0.233 e. The van der Waals surface area contributed by atoms with Crippen LogP contribution in [0.1, 0.15) is 42.3 Å². The van der Waals surface area contributed by atoms with Gasteiger partial charge in [-0.1, -0.05) is 29.0 Å². The molecule has 0 aliphatic carbocycles. The standard InChI is InChI=1S/C25H29FN4O3S/c1-16-3-5-20-19(9-16)25(15-30(20)24(33)10-22-27-11-21(26)34-22)7-8-28(14-25)23(32)6-4-18-12-29(13-18)17(2)31/h3,5,9,11,18H,4,6-8,10,12-15H2,1-2H3. The number of halogens is 1. The number of hydrogen-bond donors (Lipinski definition) is 0. The first-order valence-corrected chi connectivity index (χ1v) is 12.6. The number of rotatable bonds is 5. The lowest BCUT2D eigenvalue weighted by Crippen LogP contribution is -2.49. The Morgan fingerprint density at radius 3 is 2.68 bits per heavy atom.